The largest absolute Gasteiger partial charge is 0.452 e. The molecule has 28 heavy (non-hydrogen) atoms. The van der Waals surface area contributed by atoms with Gasteiger partial charge in [0, 0.05) is 11.8 Å². The van der Waals surface area contributed by atoms with Crippen molar-refractivity contribution in [3.8, 4) is 29.3 Å². The van der Waals surface area contributed by atoms with Crippen molar-refractivity contribution in [1.29, 1.82) is 0 Å². The van der Waals surface area contributed by atoms with E-state index in [-0.39, 0.29) is 12.1 Å². The number of ether oxygens (including phenoxy) is 1. The van der Waals surface area contributed by atoms with E-state index < -0.39 is 18.5 Å². The molecular formula is C22H19N3O3. The lowest BCUT2D eigenvalue weighted by atomic mass is 10.0. The first-order valence-electron chi connectivity index (χ1n) is 8.68. The molecule has 6 heteroatoms. The highest BCUT2D eigenvalue weighted by Gasteiger charge is 2.21. The minimum atomic E-state index is -0.628. The molecular weight excluding hydrogens is 354 g/mol. The smallest absolute Gasteiger partial charge is 0.342 e. The zero-order valence-corrected chi connectivity index (χ0v) is 15.4. The highest BCUT2D eigenvalue weighted by molar-refractivity contribution is 5.97. The molecule has 0 aliphatic rings. The Kier molecular flexibility index (Phi) is 5.87. The van der Waals surface area contributed by atoms with E-state index in [0.717, 1.165) is 16.8 Å². The highest BCUT2D eigenvalue weighted by Crippen LogP contribution is 2.27. The Balaban J connectivity index is 1.93. The third-order valence-electron chi connectivity index (χ3n) is 4.08. The molecule has 0 atom stereocenters. The SMILES string of the molecule is C#CCNC(=O)COC(=O)c1cn(-c2ccccc2)nc1-c1ccccc1C. The number of amides is 1. The van der Waals surface area contributed by atoms with Gasteiger partial charge in [0.25, 0.3) is 5.91 Å². The molecule has 0 unspecified atom stereocenters. The van der Waals surface area contributed by atoms with Gasteiger partial charge in [-0.1, -0.05) is 48.4 Å². The van der Waals surface area contributed by atoms with Crippen LogP contribution in [0.3, 0.4) is 0 Å². The average molecular weight is 373 g/mol. The van der Waals surface area contributed by atoms with E-state index in [1.54, 1.807) is 10.9 Å². The van der Waals surface area contributed by atoms with E-state index in [4.69, 9.17) is 11.2 Å². The van der Waals surface area contributed by atoms with Gasteiger partial charge in [0.05, 0.1) is 12.2 Å². The molecule has 0 spiro atoms. The number of esters is 1. The summed E-state index contributed by atoms with van der Waals surface area (Å²) in [6.45, 7) is 1.61. The number of aryl methyl sites for hydroxylation is 1. The summed E-state index contributed by atoms with van der Waals surface area (Å²) >= 11 is 0. The highest BCUT2D eigenvalue weighted by atomic mass is 16.5. The van der Waals surface area contributed by atoms with Gasteiger partial charge < -0.3 is 10.1 Å². The Bertz CT molecular complexity index is 1030. The molecule has 0 fully saturated rings. The molecule has 1 amide bonds. The van der Waals surface area contributed by atoms with Crippen molar-refractivity contribution in [2.24, 2.45) is 0 Å². The summed E-state index contributed by atoms with van der Waals surface area (Å²) in [5.41, 5.74) is 3.38. The van der Waals surface area contributed by atoms with Crippen LogP contribution in [0, 0.1) is 19.3 Å². The van der Waals surface area contributed by atoms with Crippen LogP contribution in [0.5, 0.6) is 0 Å². The van der Waals surface area contributed by atoms with Crippen LogP contribution in [-0.2, 0) is 9.53 Å². The van der Waals surface area contributed by atoms with Crippen molar-refractivity contribution in [2.45, 2.75) is 6.92 Å². The van der Waals surface area contributed by atoms with Crippen molar-refractivity contribution in [3.05, 3.63) is 71.9 Å². The minimum absolute atomic E-state index is 0.0801. The van der Waals surface area contributed by atoms with Crippen LogP contribution in [0.25, 0.3) is 16.9 Å². The molecule has 1 N–H and O–H groups in total. The zero-order valence-electron chi connectivity index (χ0n) is 15.4. The van der Waals surface area contributed by atoms with Gasteiger partial charge in [-0.15, -0.1) is 6.42 Å². The van der Waals surface area contributed by atoms with E-state index in [0.29, 0.717) is 5.69 Å². The maximum absolute atomic E-state index is 12.7. The second-order valence-electron chi connectivity index (χ2n) is 6.04. The monoisotopic (exact) mass is 373 g/mol. The third-order valence-corrected chi connectivity index (χ3v) is 4.08. The van der Waals surface area contributed by atoms with Gasteiger partial charge in [0.2, 0.25) is 0 Å². The summed E-state index contributed by atoms with van der Waals surface area (Å²) in [4.78, 5) is 24.3. The molecule has 0 saturated heterocycles. The predicted octanol–water partition coefficient (Wildman–Crippen LogP) is 2.75. The first kappa shape index (κ1) is 18.9. The Morgan fingerprint density at radius 2 is 1.86 bits per heavy atom. The van der Waals surface area contributed by atoms with Crippen molar-refractivity contribution >= 4 is 11.9 Å². The maximum atomic E-state index is 12.7. The molecule has 2 aromatic carbocycles. The molecule has 6 nitrogen and oxygen atoms in total. The lowest BCUT2D eigenvalue weighted by molar-refractivity contribution is -0.123. The van der Waals surface area contributed by atoms with Gasteiger partial charge in [0.15, 0.2) is 6.61 Å². The van der Waals surface area contributed by atoms with Crippen LogP contribution >= 0.6 is 0 Å². The summed E-state index contributed by atoms with van der Waals surface area (Å²) in [6, 6.07) is 17.1. The lowest BCUT2D eigenvalue weighted by Gasteiger charge is -2.06. The topological polar surface area (TPSA) is 73.2 Å². The molecule has 3 rings (SSSR count). The van der Waals surface area contributed by atoms with Gasteiger partial charge in [-0.3, -0.25) is 4.79 Å². The number of terminal acetylenes is 1. The Labute approximate surface area is 163 Å². The van der Waals surface area contributed by atoms with Crippen LogP contribution in [0.1, 0.15) is 15.9 Å². The number of benzene rings is 2. The molecule has 0 aliphatic heterocycles. The van der Waals surface area contributed by atoms with Crippen LogP contribution in [0.15, 0.2) is 60.8 Å². The van der Waals surface area contributed by atoms with E-state index in [1.165, 1.54) is 0 Å². The number of hydrogen-bond donors (Lipinski definition) is 1. The van der Waals surface area contributed by atoms with E-state index in [9.17, 15) is 9.59 Å². The molecule has 3 aromatic rings. The molecule has 1 aromatic heterocycles. The van der Waals surface area contributed by atoms with E-state index in [2.05, 4.69) is 16.3 Å². The summed E-state index contributed by atoms with van der Waals surface area (Å²) in [5.74, 6) is 1.20. The number of carbonyl (C=O) groups is 2. The molecule has 0 radical (unpaired) electrons. The van der Waals surface area contributed by atoms with Crippen LogP contribution in [0.2, 0.25) is 0 Å². The van der Waals surface area contributed by atoms with Gasteiger partial charge in [0.1, 0.15) is 11.3 Å². The number of para-hydroxylation sites is 1. The Morgan fingerprint density at radius 1 is 1.14 bits per heavy atom. The number of nitrogens with one attached hydrogen (secondary N) is 1. The van der Waals surface area contributed by atoms with Crippen LogP contribution < -0.4 is 5.32 Å². The van der Waals surface area contributed by atoms with Gasteiger partial charge >= 0.3 is 5.97 Å². The van der Waals surface area contributed by atoms with E-state index >= 15 is 0 Å². The molecule has 1 heterocycles. The number of nitrogens with zero attached hydrogens (tertiary/aromatic N) is 2. The quantitative estimate of drug-likeness (QED) is 0.533. The standard InChI is InChI=1S/C22H19N3O3/c1-3-13-23-20(26)15-28-22(27)19-14-25(17-10-5-4-6-11-17)24-21(19)18-12-8-7-9-16(18)2/h1,4-12,14H,13,15H2,2H3,(H,23,26). The zero-order chi connectivity index (χ0) is 19.9. The fourth-order valence-corrected chi connectivity index (χ4v) is 2.68. The number of aromatic nitrogens is 2. The fraction of sp³-hybridized carbons (Fsp3) is 0.136. The number of hydrogen-bond acceptors (Lipinski definition) is 4. The fourth-order valence-electron chi connectivity index (χ4n) is 2.68. The van der Waals surface area contributed by atoms with Gasteiger partial charge in [-0.05, 0) is 24.6 Å². The number of rotatable bonds is 6. The Morgan fingerprint density at radius 3 is 2.57 bits per heavy atom. The first-order valence-corrected chi connectivity index (χ1v) is 8.68. The van der Waals surface area contributed by atoms with Crippen molar-refractivity contribution in [1.82, 2.24) is 15.1 Å². The molecule has 0 bridgehead atoms. The lowest BCUT2D eigenvalue weighted by Crippen LogP contribution is -2.29. The molecule has 140 valence electrons. The minimum Gasteiger partial charge on any atom is -0.452 e. The summed E-state index contributed by atoms with van der Waals surface area (Å²) in [5, 5.41) is 7.05. The summed E-state index contributed by atoms with van der Waals surface area (Å²) < 4.78 is 6.79. The van der Waals surface area contributed by atoms with Crippen LogP contribution in [0.4, 0.5) is 0 Å². The van der Waals surface area contributed by atoms with Gasteiger partial charge in [-0.25, -0.2) is 9.48 Å². The van der Waals surface area contributed by atoms with Crippen molar-refractivity contribution in [3.63, 3.8) is 0 Å². The summed E-state index contributed by atoms with van der Waals surface area (Å²) in [7, 11) is 0. The first-order chi connectivity index (χ1) is 13.6. The van der Waals surface area contributed by atoms with Gasteiger partial charge in [-0.2, -0.15) is 5.10 Å². The average Bonchev–Trinajstić information content (AvgIpc) is 3.16. The molecule has 0 saturated carbocycles. The second kappa shape index (κ2) is 8.69. The van der Waals surface area contributed by atoms with Crippen molar-refractivity contribution < 1.29 is 14.3 Å². The van der Waals surface area contributed by atoms with E-state index in [1.807, 2.05) is 61.5 Å². The number of carbonyl (C=O) groups excluding carboxylic acids is 2. The summed E-state index contributed by atoms with van der Waals surface area (Å²) in [6.07, 6.45) is 6.71. The third kappa shape index (κ3) is 4.27. The Hall–Kier alpha value is -3.85. The maximum Gasteiger partial charge on any atom is 0.342 e. The second-order valence-corrected chi connectivity index (χ2v) is 6.04. The van der Waals surface area contributed by atoms with Crippen LogP contribution in [-0.4, -0.2) is 34.8 Å². The molecule has 0 aliphatic carbocycles. The van der Waals surface area contributed by atoms with Crippen molar-refractivity contribution in [2.75, 3.05) is 13.2 Å². The normalized spacial score (nSPS) is 10.1. The predicted molar refractivity (Wildman–Crippen MR) is 106 cm³/mol.